The summed E-state index contributed by atoms with van der Waals surface area (Å²) in [4.78, 5) is 18.7. The molecule has 0 atom stereocenters. The first-order valence-electron chi connectivity index (χ1n) is 5.40. The maximum absolute atomic E-state index is 9.37. The van der Waals surface area contributed by atoms with E-state index < -0.39 is 12.8 Å². The van der Waals surface area contributed by atoms with Gasteiger partial charge < -0.3 is 9.79 Å². The number of benzene rings is 2. The highest BCUT2D eigenvalue weighted by molar-refractivity contribution is 8.06. The molecule has 0 bridgehead atoms. The van der Waals surface area contributed by atoms with Crippen molar-refractivity contribution in [1.29, 1.82) is 0 Å². The van der Waals surface area contributed by atoms with Crippen molar-refractivity contribution in [1.82, 2.24) is 0 Å². The minimum atomic E-state index is -3.72. The topological polar surface area (TPSA) is 49.7 Å². The molecule has 0 aromatic heterocycles. The molecule has 0 aliphatic carbocycles. The van der Waals surface area contributed by atoms with E-state index in [9.17, 15) is 9.79 Å². The van der Waals surface area contributed by atoms with E-state index in [-0.39, 0.29) is 0 Å². The zero-order chi connectivity index (χ0) is 13.0. The second kappa shape index (κ2) is 5.74. The lowest BCUT2D eigenvalue weighted by Crippen LogP contribution is -2.04. The molecule has 0 aliphatic heterocycles. The normalized spacial score (nSPS) is 11.7. The summed E-state index contributed by atoms with van der Waals surface area (Å²) in [5.74, 6) is 0. The van der Waals surface area contributed by atoms with Crippen molar-refractivity contribution in [2.45, 2.75) is 6.10 Å². The Balaban J connectivity index is 2.39. The molecule has 2 rings (SSSR count). The standard InChI is InChI=1S/C13H13O3PS/c14-17(15,18)16-13(11-7-3-1-4-8-11)12-9-5-2-6-10-12/h1-10,13H,(H2,14,15,18). The molecule has 0 radical (unpaired) electrons. The minimum Gasteiger partial charge on any atom is -0.325 e. The molecule has 5 heteroatoms. The van der Waals surface area contributed by atoms with Crippen molar-refractivity contribution in [2.24, 2.45) is 0 Å². The van der Waals surface area contributed by atoms with Gasteiger partial charge >= 0.3 is 6.72 Å². The molecule has 0 unspecified atom stereocenters. The van der Waals surface area contributed by atoms with Crippen molar-refractivity contribution < 1.29 is 14.3 Å². The van der Waals surface area contributed by atoms with Crippen LogP contribution in [0.15, 0.2) is 60.7 Å². The van der Waals surface area contributed by atoms with Gasteiger partial charge in [0.25, 0.3) is 0 Å². The van der Waals surface area contributed by atoms with Crippen LogP contribution in [0, 0.1) is 0 Å². The molecular formula is C13H13O3PS. The van der Waals surface area contributed by atoms with Crippen molar-refractivity contribution in [2.75, 3.05) is 0 Å². The summed E-state index contributed by atoms with van der Waals surface area (Å²) in [5.41, 5.74) is 1.67. The summed E-state index contributed by atoms with van der Waals surface area (Å²) in [7, 11) is 0. The Kier molecular flexibility index (Phi) is 4.27. The summed E-state index contributed by atoms with van der Waals surface area (Å²) in [6, 6.07) is 18.7. The molecule has 18 heavy (non-hydrogen) atoms. The minimum absolute atomic E-state index is 0.562. The fourth-order valence-electron chi connectivity index (χ4n) is 1.71. The van der Waals surface area contributed by atoms with Gasteiger partial charge in [0.1, 0.15) is 6.10 Å². The molecule has 2 N–H and O–H groups in total. The third-order valence-corrected chi connectivity index (χ3v) is 3.19. The van der Waals surface area contributed by atoms with Crippen LogP contribution in [0.3, 0.4) is 0 Å². The first-order chi connectivity index (χ1) is 8.56. The molecular weight excluding hydrogens is 267 g/mol. The fourth-order valence-corrected chi connectivity index (χ4v) is 2.48. The van der Waals surface area contributed by atoms with Crippen molar-refractivity contribution in [3.05, 3.63) is 71.8 Å². The Labute approximate surface area is 111 Å². The SMILES string of the molecule is OP(O)(=S)OC(c1ccccc1)c1ccccc1. The Bertz CT molecular complexity index is 499. The Hall–Kier alpha value is -1.03. The molecule has 0 aliphatic rings. The summed E-state index contributed by atoms with van der Waals surface area (Å²) in [6.07, 6.45) is -0.562. The lowest BCUT2D eigenvalue weighted by atomic mass is 10.0. The highest BCUT2D eigenvalue weighted by atomic mass is 32.5. The van der Waals surface area contributed by atoms with Crippen LogP contribution in [0.2, 0.25) is 0 Å². The molecule has 0 heterocycles. The third-order valence-electron chi connectivity index (χ3n) is 2.45. The van der Waals surface area contributed by atoms with E-state index in [4.69, 9.17) is 4.52 Å². The van der Waals surface area contributed by atoms with Crippen molar-refractivity contribution in [3.63, 3.8) is 0 Å². The third kappa shape index (κ3) is 3.73. The van der Waals surface area contributed by atoms with Crippen LogP contribution in [-0.4, -0.2) is 9.79 Å². The van der Waals surface area contributed by atoms with E-state index >= 15 is 0 Å². The highest BCUT2D eigenvalue weighted by Gasteiger charge is 2.21. The molecule has 0 amide bonds. The van der Waals surface area contributed by atoms with Crippen LogP contribution in [0.1, 0.15) is 17.2 Å². The maximum Gasteiger partial charge on any atom is 0.322 e. The lowest BCUT2D eigenvalue weighted by molar-refractivity contribution is 0.201. The Morgan fingerprint density at radius 3 is 1.56 bits per heavy atom. The van der Waals surface area contributed by atoms with E-state index in [1.54, 1.807) is 0 Å². The quantitative estimate of drug-likeness (QED) is 0.845. The first-order valence-corrected chi connectivity index (χ1v) is 8.03. The van der Waals surface area contributed by atoms with Gasteiger partial charge in [-0.15, -0.1) is 0 Å². The lowest BCUT2D eigenvalue weighted by Gasteiger charge is -2.20. The van der Waals surface area contributed by atoms with Gasteiger partial charge in [-0.2, -0.15) is 0 Å². The van der Waals surface area contributed by atoms with Gasteiger partial charge in [-0.05, 0) is 22.9 Å². The molecule has 0 saturated heterocycles. The van der Waals surface area contributed by atoms with Gasteiger partial charge in [0.15, 0.2) is 0 Å². The molecule has 0 saturated carbocycles. The summed E-state index contributed by atoms with van der Waals surface area (Å²) in [5, 5.41) is 0. The van der Waals surface area contributed by atoms with Crippen LogP contribution < -0.4 is 0 Å². The van der Waals surface area contributed by atoms with Gasteiger partial charge in [0.2, 0.25) is 0 Å². The van der Waals surface area contributed by atoms with Crippen molar-refractivity contribution in [3.8, 4) is 0 Å². The van der Waals surface area contributed by atoms with Gasteiger partial charge in [0, 0.05) is 0 Å². The molecule has 2 aromatic rings. The zero-order valence-corrected chi connectivity index (χ0v) is 11.2. The van der Waals surface area contributed by atoms with Crippen molar-refractivity contribution >= 4 is 18.5 Å². The van der Waals surface area contributed by atoms with Crippen LogP contribution in [-0.2, 0) is 16.3 Å². The van der Waals surface area contributed by atoms with E-state index in [0.717, 1.165) is 11.1 Å². The molecule has 94 valence electrons. The van der Waals surface area contributed by atoms with Gasteiger partial charge in [-0.25, -0.2) is 0 Å². The first kappa shape index (κ1) is 13.4. The molecule has 3 nitrogen and oxygen atoms in total. The monoisotopic (exact) mass is 280 g/mol. The zero-order valence-electron chi connectivity index (χ0n) is 9.51. The number of hydrogen-bond acceptors (Lipinski definition) is 2. The predicted molar refractivity (Wildman–Crippen MR) is 74.5 cm³/mol. The van der Waals surface area contributed by atoms with E-state index in [0.29, 0.717) is 0 Å². The average molecular weight is 280 g/mol. The molecule has 0 fully saturated rings. The molecule has 2 aromatic carbocycles. The smallest absolute Gasteiger partial charge is 0.322 e. The second-order valence-corrected chi connectivity index (χ2v) is 6.42. The van der Waals surface area contributed by atoms with E-state index in [2.05, 4.69) is 11.8 Å². The Morgan fingerprint density at radius 2 is 1.22 bits per heavy atom. The summed E-state index contributed by atoms with van der Waals surface area (Å²) < 4.78 is 5.25. The number of rotatable bonds is 4. The highest BCUT2D eigenvalue weighted by Crippen LogP contribution is 2.44. The van der Waals surface area contributed by atoms with E-state index in [1.165, 1.54) is 0 Å². The van der Waals surface area contributed by atoms with Crippen LogP contribution in [0.5, 0.6) is 0 Å². The fraction of sp³-hybridized carbons (Fsp3) is 0.0769. The van der Waals surface area contributed by atoms with Gasteiger partial charge in [-0.1, -0.05) is 60.7 Å². The maximum atomic E-state index is 9.37. The largest absolute Gasteiger partial charge is 0.325 e. The second-order valence-electron chi connectivity index (χ2n) is 3.80. The van der Waals surface area contributed by atoms with Gasteiger partial charge in [0.05, 0.1) is 0 Å². The van der Waals surface area contributed by atoms with Gasteiger partial charge in [-0.3, -0.25) is 4.52 Å². The van der Waals surface area contributed by atoms with Crippen LogP contribution in [0.25, 0.3) is 0 Å². The Morgan fingerprint density at radius 1 is 0.833 bits per heavy atom. The average Bonchev–Trinajstić information content (AvgIpc) is 2.37. The summed E-state index contributed by atoms with van der Waals surface area (Å²) >= 11 is 4.56. The van der Waals surface area contributed by atoms with Crippen LogP contribution >= 0.6 is 6.72 Å². The number of hydrogen-bond donors (Lipinski definition) is 2. The molecule has 0 spiro atoms. The van der Waals surface area contributed by atoms with Crippen LogP contribution in [0.4, 0.5) is 0 Å². The van der Waals surface area contributed by atoms with E-state index in [1.807, 2.05) is 60.7 Å². The predicted octanol–water partition coefficient (Wildman–Crippen LogP) is 3.00. The summed E-state index contributed by atoms with van der Waals surface area (Å²) in [6.45, 7) is -3.72.